The van der Waals surface area contributed by atoms with Crippen LogP contribution < -0.4 is 19.1 Å². The minimum atomic E-state index is -0.990. The van der Waals surface area contributed by atoms with Crippen LogP contribution >= 0.6 is 23.1 Å². The van der Waals surface area contributed by atoms with Crippen LogP contribution in [0.4, 0.5) is 5.13 Å². The number of methoxy groups -OCH3 is 1. The second kappa shape index (κ2) is 17.3. The van der Waals surface area contributed by atoms with Crippen molar-refractivity contribution in [2.75, 3.05) is 25.2 Å². The number of ether oxygens (including phenoxy) is 3. The number of hydrogen-bond acceptors (Lipinski definition) is 10. The van der Waals surface area contributed by atoms with Crippen LogP contribution in [-0.2, 0) is 15.3 Å². The Morgan fingerprint density at radius 3 is 2.33 bits per heavy atom. The first-order valence-corrected chi connectivity index (χ1v) is 18.5. The molecule has 1 aliphatic heterocycles. The van der Waals surface area contributed by atoms with Crippen LogP contribution in [0.2, 0.25) is 0 Å². The second-order valence-electron chi connectivity index (χ2n) is 11.8. The number of aliphatic hydroxyl groups is 1. The Morgan fingerprint density at radius 1 is 0.878 bits per heavy atom. The number of benzene rings is 3. The maximum Gasteiger partial charge on any atom is 0.301 e. The van der Waals surface area contributed by atoms with E-state index in [0.29, 0.717) is 51.7 Å². The van der Waals surface area contributed by atoms with Gasteiger partial charge in [-0.3, -0.25) is 14.5 Å². The number of aromatic nitrogens is 2. The van der Waals surface area contributed by atoms with Gasteiger partial charge >= 0.3 is 5.91 Å². The Morgan fingerprint density at radius 2 is 1.61 bits per heavy atom. The van der Waals surface area contributed by atoms with E-state index in [9.17, 15) is 14.7 Å². The molecular formula is C38H43N3O6S2. The number of aliphatic hydroxyl groups excluding tert-OH is 1. The molecule has 1 aliphatic rings. The number of ketones is 1. The summed E-state index contributed by atoms with van der Waals surface area (Å²) >= 11 is 2.73. The number of aryl methyl sites for hydroxylation is 1. The highest BCUT2D eigenvalue weighted by molar-refractivity contribution is 8.00. The van der Waals surface area contributed by atoms with Gasteiger partial charge in [0.15, 0.2) is 15.8 Å². The Labute approximate surface area is 296 Å². The third-order valence-electron chi connectivity index (χ3n) is 8.18. The fraction of sp³-hybridized carbons (Fsp3) is 0.368. The van der Waals surface area contributed by atoms with Crippen LogP contribution in [0.15, 0.2) is 76.6 Å². The van der Waals surface area contributed by atoms with E-state index in [1.165, 1.54) is 33.6 Å². The van der Waals surface area contributed by atoms with Gasteiger partial charge in [-0.2, -0.15) is 0 Å². The van der Waals surface area contributed by atoms with Gasteiger partial charge in [-0.15, -0.1) is 10.2 Å². The molecule has 0 unspecified atom stereocenters. The van der Waals surface area contributed by atoms with Crippen molar-refractivity contribution in [3.63, 3.8) is 0 Å². The lowest BCUT2D eigenvalue weighted by Gasteiger charge is -2.23. The first kappa shape index (κ1) is 35.9. The number of hydrogen-bond donors (Lipinski definition) is 1. The van der Waals surface area contributed by atoms with Gasteiger partial charge in [0.05, 0.1) is 31.9 Å². The minimum absolute atomic E-state index is 0.0519. The SMILES string of the molecule is CCCCCCOc1ccc([C@H]2C(=C(O)c3ccc(OCCCC)cc3)C(=O)C(=O)N2c2nnc(SCc3ccc(C)cc3)s2)cc1OC. The van der Waals surface area contributed by atoms with Crippen molar-refractivity contribution in [2.24, 2.45) is 0 Å². The highest BCUT2D eigenvalue weighted by Gasteiger charge is 2.48. The van der Waals surface area contributed by atoms with Gasteiger partial charge in [-0.05, 0) is 67.3 Å². The van der Waals surface area contributed by atoms with Crippen molar-refractivity contribution >= 4 is 45.7 Å². The van der Waals surface area contributed by atoms with Crippen molar-refractivity contribution in [1.29, 1.82) is 0 Å². The third-order valence-corrected chi connectivity index (χ3v) is 10.3. The summed E-state index contributed by atoms with van der Waals surface area (Å²) in [5.41, 5.74) is 3.20. The number of carbonyl (C=O) groups excluding carboxylic acids is 2. The monoisotopic (exact) mass is 701 g/mol. The highest BCUT2D eigenvalue weighted by atomic mass is 32.2. The predicted molar refractivity (Wildman–Crippen MR) is 195 cm³/mol. The zero-order chi connectivity index (χ0) is 34.8. The summed E-state index contributed by atoms with van der Waals surface area (Å²) < 4.78 is 18.2. The van der Waals surface area contributed by atoms with Crippen LogP contribution in [0, 0.1) is 6.92 Å². The normalized spacial score (nSPS) is 15.5. The summed E-state index contributed by atoms with van der Waals surface area (Å²) in [6.07, 6.45) is 6.21. The van der Waals surface area contributed by atoms with Gasteiger partial charge in [0, 0.05) is 11.3 Å². The van der Waals surface area contributed by atoms with Gasteiger partial charge in [-0.25, -0.2) is 0 Å². The Bertz CT molecular complexity index is 1750. The molecule has 49 heavy (non-hydrogen) atoms. The van der Waals surface area contributed by atoms with E-state index in [-0.39, 0.29) is 16.5 Å². The van der Waals surface area contributed by atoms with Crippen molar-refractivity contribution in [3.8, 4) is 17.2 Å². The molecule has 1 N–H and O–H groups in total. The molecule has 5 rings (SSSR count). The maximum atomic E-state index is 13.8. The Kier molecular flexibility index (Phi) is 12.7. The number of Topliss-reactive ketones (excluding diaryl/α,β-unsaturated/α-hetero) is 1. The molecule has 1 amide bonds. The van der Waals surface area contributed by atoms with E-state index in [0.717, 1.165) is 44.1 Å². The lowest BCUT2D eigenvalue weighted by molar-refractivity contribution is -0.132. The van der Waals surface area contributed by atoms with Crippen LogP contribution in [-0.4, -0.2) is 47.3 Å². The van der Waals surface area contributed by atoms with E-state index in [2.05, 4.69) is 48.3 Å². The van der Waals surface area contributed by atoms with E-state index < -0.39 is 17.7 Å². The molecular weight excluding hydrogens is 659 g/mol. The van der Waals surface area contributed by atoms with E-state index in [1.54, 1.807) is 49.6 Å². The smallest absolute Gasteiger partial charge is 0.301 e. The van der Waals surface area contributed by atoms with E-state index in [1.807, 2.05) is 6.92 Å². The number of rotatable bonds is 17. The Hall–Kier alpha value is -4.35. The summed E-state index contributed by atoms with van der Waals surface area (Å²) in [6.45, 7) is 7.42. The first-order valence-electron chi connectivity index (χ1n) is 16.7. The number of anilines is 1. The average Bonchev–Trinajstić information content (AvgIpc) is 3.69. The lowest BCUT2D eigenvalue weighted by atomic mass is 9.95. The quantitative estimate of drug-likeness (QED) is 0.0288. The predicted octanol–water partition coefficient (Wildman–Crippen LogP) is 8.91. The van der Waals surface area contributed by atoms with Crippen molar-refractivity contribution < 1.29 is 28.9 Å². The number of unbranched alkanes of at least 4 members (excludes halogenated alkanes) is 4. The highest BCUT2D eigenvalue weighted by Crippen LogP contribution is 2.45. The average molecular weight is 702 g/mol. The Balaban J connectivity index is 1.49. The molecule has 0 radical (unpaired) electrons. The summed E-state index contributed by atoms with van der Waals surface area (Å²) in [5.74, 6) is 0.438. The van der Waals surface area contributed by atoms with Crippen LogP contribution in [0.25, 0.3) is 5.76 Å². The fourth-order valence-electron chi connectivity index (χ4n) is 5.42. The molecule has 0 spiro atoms. The van der Waals surface area contributed by atoms with Crippen molar-refractivity contribution in [3.05, 3.63) is 94.6 Å². The standard InChI is InChI=1S/C38H43N3O6S2/c1-5-7-9-10-22-47-30-20-17-28(23-31(30)45-4)33-32(34(42)27-15-18-29(19-16-27)46-21-8-6-2)35(43)36(44)41(33)37-39-40-38(49-37)48-24-26-13-11-25(3)12-14-26/h11-20,23,33,42H,5-10,21-22,24H2,1-4H3/t33-/m0/s1. The molecule has 11 heteroatoms. The summed E-state index contributed by atoms with van der Waals surface area (Å²) in [4.78, 5) is 28.9. The summed E-state index contributed by atoms with van der Waals surface area (Å²) in [5, 5.41) is 20.6. The van der Waals surface area contributed by atoms with Crippen molar-refractivity contribution in [1.82, 2.24) is 10.2 Å². The molecule has 1 saturated heterocycles. The van der Waals surface area contributed by atoms with Gasteiger partial charge in [0.1, 0.15) is 11.5 Å². The molecule has 0 saturated carbocycles. The number of amides is 1. The van der Waals surface area contributed by atoms with E-state index >= 15 is 0 Å². The summed E-state index contributed by atoms with van der Waals surface area (Å²) in [6, 6.07) is 19.4. The molecule has 1 aromatic heterocycles. The number of nitrogens with zero attached hydrogens (tertiary/aromatic N) is 3. The zero-order valence-electron chi connectivity index (χ0n) is 28.4. The van der Waals surface area contributed by atoms with Crippen LogP contribution in [0.5, 0.6) is 17.2 Å². The molecule has 0 aliphatic carbocycles. The zero-order valence-corrected chi connectivity index (χ0v) is 30.1. The van der Waals surface area contributed by atoms with Gasteiger partial charge in [-0.1, -0.05) is 98.5 Å². The maximum absolute atomic E-state index is 13.8. The van der Waals surface area contributed by atoms with Crippen molar-refractivity contribution in [2.45, 2.75) is 75.4 Å². The molecule has 2 heterocycles. The van der Waals surface area contributed by atoms with Gasteiger partial charge in [0.25, 0.3) is 5.78 Å². The van der Waals surface area contributed by atoms with Crippen LogP contribution in [0.1, 0.15) is 80.7 Å². The first-order chi connectivity index (χ1) is 23.8. The summed E-state index contributed by atoms with van der Waals surface area (Å²) in [7, 11) is 1.55. The third kappa shape index (κ3) is 8.82. The second-order valence-corrected chi connectivity index (χ2v) is 14.0. The van der Waals surface area contributed by atoms with Gasteiger partial charge in [0.2, 0.25) is 5.13 Å². The molecule has 258 valence electrons. The fourth-order valence-corrected chi connectivity index (χ4v) is 7.24. The largest absolute Gasteiger partial charge is 0.507 e. The molecule has 4 aromatic rings. The van der Waals surface area contributed by atoms with E-state index in [4.69, 9.17) is 14.2 Å². The minimum Gasteiger partial charge on any atom is -0.507 e. The lowest BCUT2D eigenvalue weighted by Crippen LogP contribution is -2.29. The molecule has 1 atom stereocenters. The number of thioether (sulfide) groups is 1. The topological polar surface area (TPSA) is 111 Å². The molecule has 1 fully saturated rings. The van der Waals surface area contributed by atoms with Gasteiger partial charge < -0.3 is 19.3 Å². The molecule has 0 bridgehead atoms. The molecule has 9 nitrogen and oxygen atoms in total. The number of carbonyl (C=O) groups is 2. The van der Waals surface area contributed by atoms with Crippen LogP contribution in [0.3, 0.4) is 0 Å². The molecule has 3 aromatic carbocycles.